The molecule has 0 fully saturated rings. The van der Waals surface area contributed by atoms with Gasteiger partial charge in [0.1, 0.15) is 0 Å². The first-order chi connectivity index (χ1) is 8.58. The Hall–Kier alpha value is -0.110. The Kier molecular flexibility index (Phi) is 10.6. The Morgan fingerprint density at radius 3 is 2.47 bits per heavy atom. The first-order valence-corrected chi connectivity index (χ1v) is 7.05. The number of aliphatic carboxylic acids is 1. The van der Waals surface area contributed by atoms with Crippen molar-refractivity contribution in [2.75, 3.05) is 0 Å². The van der Waals surface area contributed by atoms with Crippen LogP contribution >= 0.6 is 34.9 Å². The monoisotopic (exact) mass is 324 g/mol. The largest absolute Gasteiger partial charge is 1.00 e. The summed E-state index contributed by atoms with van der Waals surface area (Å²) in [6.07, 6.45) is 0. The normalized spacial score (nSPS) is 8.95. The fourth-order valence-electron chi connectivity index (χ4n) is 0.973. The average Bonchev–Trinajstić information content (AvgIpc) is 2.73. The minimum Gasteiger partial charge on any atom is -0.550 e. The molecule has 2 aromatic rings. The molecule has 0 radical (unpaired) electrons. The quantitative estimate of drug-likeness (QED) is 0.549. The number of rotatable bonds is 3. The van der Waals surface area contributed by atoms with Gasteiger partial charge in [-0.15, -0.1) is 0 Å². The van der Waals surface area contributed by atoms with Crippen LogP contribution in [-0.2, 0) is 10.5 Å². The molecular weight excluding hydrogens is 315 g/mol. The third kappa shape index (κ3) is 9.43. The van der Waals surface area contributed by atoms with Crippen LogP contribution in [0.2, 0.25) is 4.47 Å². The number of carbonyl (C=O) groups is 1. The molecule has 1 aromatic carbocycles. The van der Waals surface area contributed by atoms with Crippen LogP contribution in [0.1, 0.15) is 12.5 Å². The SMILES string of the molecule is CC(=O)[O-].Clc1nc(SCc2ccccc2)ns1.[Na+]. The summed E-state index contributed by atoms with van der Waals surface area (Å²) in [4.78, 5) is 13.0. The number of hydrogen-bond acceptors (Lipinski definition) is 6. The molecule has 0 N–H and O–H groups in total. The first kappa shape index (κ1) is 18.9. The average molecular weight is 325 g/mol. The van der Waals surface area contributed by atoms with Gasteiger partial charge >= 0.3 is 29.6 Å². The summed E-state index contributed by atoms with van der Waals surface area (Å²) in [5.74, 6) is -0.200. The van der Waals surface area contributed by atoms with Gasteiger partial charge in [-0.3, -0.25) is 0 Å². The van der Waals surface area contributed by atoms with E-state index in [1.54, 1.807) is 11.8 Å². The molecule has 1 aromatic heterocycles. The number of hydrogen-bond donors (Lipinski definition) is 0. The standard InChI is InChI=1S/C9H7ClN2S2.C2H4O2.Na/c10-8-11-9(12-14-8)13-6-7-4-2-1-3-5-7;1-2(3)4;/h1-5H,6H2;1H3,(H,3,4);/q;;+1/p-1. The number of benzene rings is 1. The van der Waals surface area contributed by atoms with Crippen LogP contribution < -0.4 is 34.7 Å². The molecule has 19 heavy (non-hydrogen) atoms. The fraction of sp³-hybridized carbons (Fsp3) is 0.182. The van der Waals surface area contributed by atoms with Gasteiger partial charge in [-0.2, -0.15) is 9.36 Å². The van der Waals surface area contributed by atoms with E-state index in [2.05, 4.69) is 21.5 Å². The predicted octanol–water partition coefficient (Wildman–Crippen LogP) is -0.756. The van der Waals surface area contributed by atoms with E-state index < -0.39 is 5.97 Å². The van der Waals surface area contributed by atoms with Crippen molar-refractivity contribution < 1.29 is 39.5 Å². The van der Waals surface area contributed by atoms with Crippen molar-refractivity contribution in [3.8, 4) is 0 Å². The molecule has 0 bridgehead atoms. The second kappa shape index (κ2) is 10.7. The van der Waals surface area contributed by atoms with Crippen LogP contribution in [-0.4, -0.2) is 15.3 Å². The van der Waals surface area contributed by atoms with E-state index >= 15 is 0 Å². The van der Waals surface area contributed by atoms with Gasteiger partial charge in [0.05, 0.1) is 0 Å². The predicted molar refractivity (Wildman–Crippen MR) is 71.6 cm³/mol. The van der Waals surface area contributed by atoms with Gasteiger partial charge in [0, 0.05) is 11.7 Å². The smallest absolute Gasteiger partial charge is 0.550 e. The number of carboxylic acids is 1. The molecule has 0 atom stereocenters. The summed E-state index contributed by atoms with van der Waals surface area (Å²) in [6, 6.07) is 10.2. The molecule has 2 rings (SSSR count). The van der Waals surface area contributed by atoms with Crippen LogP contribution in [0.25, 0.3) is 0 Å². The molecule has 0 spiro atoms. The van der Waals surface area contributed by atoms with E-state index in [-0.39, 0.29) is 29.6 Å². The molecule has 1 heterocycles. The van der Waals surface area contributed by atoms with Gasteiger partial charge in [-0.05, 0) is 35.6 Å². The second-order valence-corrected chi connectivity index (χ2v) is 5.37. The van der Waals surface area contributed by atoms with Crippen LogP contribution in [0.3, 0.4) is 0 Å². The molecule has 0 aliphatic heterocycles. The van der Waals surface area contributed by atoms with Crippen LogP contribution in [0.5, 0.6) is 0 Å². The van der Waals surface area contributed by atoms with Gasteiger partial charge in [-0.25, -0.2) is 0 Å². The Labute approximate surface area is 147 Å². The van der Waals surface area contributed by atoms with E-state index in [1.165, 1.54) is 17.1 Å². The number of thioether (sulfide) groups is 1. The van der Waals surface area contributed by atoms with Crippen molar-refractivity contribution in [1.29, 1.82) is 0 Å². The maximum Gasteiger partial charge on any atom is 1.00 e. The van der Waals surface area contributed by atoms with E-state index in [9.17, 15) is 0 Å². The molecule has 0 aliphatic carbocycles. The van der Waals surface area contributed by atoms with Crippen molar-refractivity contribution in [2.45, 2.75) is 17.8 Å². The number of aromatic nitrogens is 2. The molecule has 0 aliphatic rings. The molecule has 0 amide bonds. The maximum absolute atomic E-state index is 8.89. The third-order valence-corrected chi connectivity index (χ3v) is 3.43. The number of halogens is 1. The van der Waals surface area contributed by atoms with Crippen LogP contribution in [0.15, 0.2) is 35.5 Å². The molecule has 8 heteroatoms. The summed E-state index contributed by atoms with van der Waals surface area (Å²) in [7, 11) is 0. The number of carboxylic acid groups (broad SMARTS) is 1. The molecule has 0 saturated carbocycles. The minimum absolute atomic E-state index is 0. The zero-order valence-corrected chi connectivity index (χ0v) is 14.9. The van der Waals surface area contributed by atoms with E-state index in [1.807, 2.05) is 18.2 Å². The van der Waals surface area contributed by atoms with Crippen LogP contribution in [0.4, 0.5) is 0 Å². The van der Waals surface area contributed by atoms with Crippen molar-refractivity contribution in [3.63, 3.8) is 0 Å². The molecule has 0 unspecified atom stereocenters. The summed E-state index contributed by atoms with van der Waals surface area (Å²) >= 11 is 8.49. The Morgan fingerprint density at radius 1 is 1.42 bits per heavy atom. The zero-order valence-electron chi connectivity index (χ0n) is 10.5. The fourth-order valence-corrected chi connectivity index (χ4v) is 2.55. The third-order valence-electron chi connectivity index (χ3n) is 1.59. The zero-order chi connectivity index (χ0) is 13.4. The Bertz CT molecular complexity index is 492. The Morgan fingerprint density at radius 2 is 2.00 bits per heavy atom. The van der Waals surface area contributed by atoms with Gasteiger partial charge in [0.2, 0.25) is 9.62 Å². The van der Waals surface area contributed by atoms with E-state index in [0.717, 1.165) is 17.8 Å². The van der Waals surface area contributed by atoms with Gasteiger partial charge in [0.25, 0.3) is 0 Å². The molecular formula is C11H10ClN2NaO2S2. The van der Waals surface area contributed by atoms with Crippen molar-refractivity contribution in [2.24, 2.45) is 0 Å². The van der Waals surface area contributed by atoms with Gasteiger partial charge in [0.15, 0.2) is 0 Å². The summed E-state index contributed by atoms with van der Waals surface area (Å²) in [5, 5.41) is 9.64. The van der Waals surface area contributed by atoms with Gasteiger partial charge in [-0.1, -0.05) is 42.1 Å². The first-order valence-electron chi connectivity index (χ1n) is 4.91. The summed E-state index contributed by atoms with van der Waals surface area (Å²) < 4.78 is 4.59. The molecule has 96 valence electrons. The number of nitrogens with zero attached hydrogens (tertiary/aromatic N) is 2. The maximum atomic E-state index is 8.89. The van der Waals surface area contributed by atoms with Crippen molar-refractivity contribution >= 4 is 40.9 Å². The molecule has 0 saturated heterocycles. The summed E-state index contributed by atoms with van der Waals surface area (Å²) in [5.41, 5.74) is 1.27. The van der Waals surface area contributed by atoms with Crippen molar-refractivity contribution in [3.05, 3.63) is 40.4 Å². The van der Waals surface area contributed by atoms with Crippen LogP contribution in [0, 0.1) is 0 Å². The topological polar surface area (TPSA) is 65.9 Å². The summed E-state index contributed by atoms with van der Waals surface area (Å²) in [6.45, 7) is 0.972. The van der Waals surface area contributed by atoms with E-state index in [4.69, 9.17) is 21.5 Å². The number of carbonyl (C=O) groups excluding carboxylic acids is 1. The second-order valence-electron chi connectivity index (χ2n) is 3.10. The molecule has 4 nitrogen and oxygen atoms in total. The van der Waals surface area contributed by atoms with Crippen molar-refractivity contribution in [1.82, 2.24) is 9.36 Å². The minimum atomic E-state index is -1.08. The Balaban J connectivity index is 0.000000576. The van der Waals surface area contributed by atoms with E-state index in [0.29, 0.717) is 4.47 Å². The van der Waals surface area contributed by atoms with Gasteiger partial charge < -0.3 is 9.90 Å².